The van der Waals surface area contributed by atoms with Gasteiger partial charge >= 0.3 is 29.6 Å². The molecule has 1 aromatic carbocycles. The number of aromatic hydroxyl groups is 1. The maximum Gasteiger partial charge on any atom is 1.00 e. The molecule has 3 heteroatoms. The van der Waals surface area contributed by atoms with Crippen LogP contribution < -0.4 is 29.6 Å². The molecule has 0 aliphatic rings. The topological polar surface area (TPSA) is 20.2 Å². The summed E-state index contributed by atoms with van der Waals surface area (Å²) in [5, 5.41) is 8.78. The van der Waals surface area contributed by atoms with Crippen molar-refractivity contribution in [1.82, 2.24) is 0 Å². The molecule has 0 saturated carbocycles. The molecule has 1 N–H and O–H groups in total. The van der Waals surface area contributed by atoms with Crippen molar-refractivity contribution < 1.29 is 36.1 Å². The van der Waals surface area contributed by atoms with Gasteiger partial charge in [-0.05, 0) is 18.2 Å². The van der Waals surface area contributed by atoms with E-state index in [-0.39, 0.29) is 31.0 Å². The molecule has 0 aromatic heterocycles. The second-order valence-corrected chi connectivity index (χ2v) is 2.40. The van der Waals surface area contributed by atoms with Gasteiger partial charge in [0.1, 0.15) is 5.75 Å². The minimum absolute atomic E-state index is 0. The Hall–Kier alpha value is 0.500. The van der Waals surface area contributed by atoms with Gasteiger partial charge in [-0.25, -0.2) is 0 Å². The first-order valence-electron chi connectivity index (χ1n) is 2.23. The number of rotatable bonds is 0. The molecular weight excluding hydrogens is 191 g/mol. The summed E-state index contributed by atoms with van der Waals surface area (Å²) >= 11 is 3.20. The SMILES string of the molecule is Oc1cccc(Br)c1.[H-].[Na+]. The Labute approximate surface area is 86.0 Å². The van der Waals surface area contributed by atoms with Crippen LogP contribution in [0.3, 0.4) is 0 Å². The molecule has 44 valence electrons. The van der Waals surface area contributed by atoms with E-state index in [1.54, 1.807) is 18.2 Å². The zero-order chi connectivity index (χ0) is 5.98. The van der Waals surface area contributed by atoms with E-state index in [1.807, 2.05) is 6.07 Å². The normalized spacial score (nSPS) is 8.11. The van der Waals surface area contributed by atoms with Crippen molar-refractivity contribution in [3.63, 3.8) is 0 Å². The van der Waals surface area contributed by atoms with Gasteiger partial charge in [0.05, 0.1) is 0 Å². The maximum absolute atomic E-state index is 8.78. The van der Waals surface area contributed by atoms with E-state index in [4.69, 9.17) is 5.11 Å². The van der Waals surface area contributed by atoms with Crippen LogP contribution in [0.2, 0.25) is 0 Å². The van der Waals surface area contributed by atoms with E-state index in [9.17, 15) is 0 Å². The first kappa shape index (κ1) is 9.50. The molecule has 0 bridgehead atoms. The molecule has 0 atom stereocenters. The van der Waals surface area contributed by atoms with E-state index in [0.717, 1.165) is 4.47 Å². The largest absolute Gasteiger partial charge is 1.00 e. The summed E-state index contributed by atoms with van der Waals surface area (Å²) < 4.78 is 0.900. The molecule has 0 saturated heterocycles. The minimum atomic E-state index is 0. The molecule has 0 spiro atoms. The molecule has 0 unspecified atom stereocenters. The van der Waals surface area contributed by atoms with Gasteiger partial charge in [-0.2, -0.15) is 0 Å². The molecule has 0 fully saturated rings. The summed E-state index contributed by atoms with van der Waals surface area (Å²) in [5.74, 6) is 0.291. The second kappa shape index (κ2) is 4.34. The molecule has 0 aliphatic heterocycles. The number of benzene rings is 1. The Balaban J connectivity index is 0. The number of hydrogen-bond acceptors (Lipinski definition) is 1. The predicted octanol–water partition coefficient (Wildman–Crippen LogP) is -0.729. The molecule has 1 nitrogen and oxygen atoms in total. The summed E-state index contributed by atoms with van der Waals surface area (Å²) in [4.78, 5) is 0. The molecule has 1 rings (SSSR count). The predicted molar refractivity (Wildman–Crippen MR) is 36.9 cm³/mol. The quantitative estimate of drug-likeness (QED) is 0.543. The third kappa shape index (κ3) is 3.26. The monoisotopic (exact) mass is 196 g/mol. The number of hydrogen-bond donors (Lipinski definition) is 1. The molecule has 0 heterocycles. The van der Waals surface area contributed by atoms with Crippen molar-refractivity contribution in [2.45, 2.75) is 0 Å². The van der Waals surface area contributed by atoms with Gasteiger partial charge in [-0.15, -0.1) is 0 Å². The van der Waals surface area contributed by atoms with Crippen LogP contribution in [0.25, 0.3) is 0 Å². The first-order chi connectivity index (χ1) is 3.79. The van der Waals surface area contributed by atoms with Gasteiger partial charge in [0.25, 0.3) is 0 Å². The Morgan fingerprint density at radius 3 is 2.44 bits per heavy atom. The van der Waals surface area contributed by atoms with Crippen LogP contribution in [0.5, 0.6) is 5.75 Å². The van der Waals surface area contributed by atoms with Crippen LogP contribution in [0.15, 0.2) is 28.7 Å². The van der Waals surface area contributed by atoms with Gasteiger partial charge in [-0.3, -0.25) is 0 Å². The number of phenols is 1. The Bertz CT molecular complexity index is 178. The van der Waals surface area contributed by atoms with Gasteiger partial charge in [-0.1, -0.05) is 22.0 Å². The number of halogens is 1. The van der Waals surface area contributed by atoms with E-state index >= 15 is 0 Å². The van der Waals surface area contributed by atoms with Crippen LogP contribution in [0.4, 0.5) is 0 Å². The fraction of sp³-hybridized carbons (Fsp3) is 0. The van der Waals surface area contributed by atoms with Gasteiger partial charge in [0.2, 0.25) is 0 Å². The summed E-state index contributed by atoms with van der Waals surface area (Å²) in [6.45, 7) is 0. The van der Waals surface area contributed by atoms with Gasteiger partial charge in [0.15, 0.2) is 0 Å². The van der Waals surface area contributed by atoms with Crippen molar-refractivity contribution in [2.75, 3.05) is 0 Å². The molecule has 0 radical (unpaired) electrons. The third-order valence-corrected chi connectivity index (χ3v) is 1.30. The first-order valence-corrected chi connectivity index (χ1v) is 3.03. The van der Waals surface area contributed by atoms with E-state index in [1.165, 1.54) is 0 Å². The molecule has 1 aromatic rings. The average Bonchev–Trinajstić information content (AvgIpc) is 1.64. The number of phenolic OH excluding ortho intramolecular Hbond substituents is 1. The van der Waals surface area contributed by atoms with E-state index in [2.05, 4.69) is 15.9 Å². The average molecular weight is 197 g/mol. The third-order valence-electron chi connectivity index (χ3n) is 0.808. The van der Waals surface area contributed by atoms with Gasteiger partial charge in [0, 0.05) is 4.47 Å². The van der Waals surface area contributed by atoms with Crippen LogP contribution >= 0.6 is 15.9 Å². The fourth-order valence-corrected chi connectivity index (χ4v) is 0.863. The summed E-state index contributed by atoms with van der Waals surface area (Å²) in [5.41, 5.74) is 0. The smallest absolute Gasteiger partial charge is 1.00 e. The van der Waals surface area contributed by atoms with Crippen LogP contribution in [-0.2, 0) is 0 Å². The van der Waals surface area contributed by atoms with Crippen molar-refractivity contribution in [2.24, 2.45) is 0 Å². The van der Waals surface area contributed by atoms with E-state index < -0.39 is 0 Å². The van der Waals surface area contributed by atoms with Crippen LogP contribution in [0, 0.1) is 0 Å². The van der Waals surface area contributed by atoms with Gasteiger partial charge < -0.3 is 6.53 Å². The summed E-state index contributed by atoms with van der Waals surface area (Å²) in [6, 6.07) is 6.91. The van der Waals surface area contributed by atoms with Crippen LogP contribution in [0.1, 0.15) is 1.43 Å². The summed E-state index contributed by atoms with van der Waals surface area (Å²) in [6.07, 6.45) is 0. The minimum Gasteiger partial charge on any atom is -1.00 e. The van der Waals surface area contributed by atoms with Crippen LogP contribution in [-0.4, -0.2) is 5.11 Å². The fourth-order valence-electron chi connectivity index (χ4n) is 0.476. The van der Waals surface area contributed by atoms with Crippen molar-refractivity contribution in [1.29, 1.82) is 0 Å². The molecule has 9 heavy (non-hydrogen) atoms. The summed E-state index contributed by atoms with van der Waals surface area (Å²) in [7, 11) is 0. The van der Waals surface area contributed by atoms with Crippen molar-refractivity contribution in [3.8, 4) is 5.75 Å². The van der Waals surface area contributed by atoms with Crippen molar-refractivity contribution in [3.05, 3.63) is 28.7 Å². The van der Waals surface area contributed by atoms with E-state index in [0.29, 0.717) is 5.75 Å². The maximum atomic E-state index is 8.78. The Morgan fingerprint density at radius 2 is 2.11 bits per heavy atom. The zero-order valence-corrected chi connectivity index (χ0v) is 8.72. The molecule has 0 amide bonds. The zero-order valence-electron chi connectivity index (χ0n) is 6.13. The molecule has 0 aliphatic carbocycles. The Morgan fingerprint density at radius 1 is 1.44 bits per heavy atom. The molecular formula is C6H6BrNaO. The van der Waals surface area contributed by atoms with Crippen molar-refractivity contribution >= 4 is 15.9 Å². The Kier molecular flexibility index (Phi) is 4.58. The second-order valence-electron chi connectivity index (χ2n) is 1.48. The standard InChI is InChI=1S/C6H5BrO.Na.H/c7-5-2-1-3-6(8)4-5;;/h1-4,8H;;/q;+1;-1.